The van der Waals surface area contributed by atoms with Crippen LogP contribution in [0.5, 0.6) is 0 Å². The number of hydrogen-bond donors (Lipinski definition) is 1. The zero-order chi connectivity index (χ0) is 23.9. The minimum Gasteiger partial charge on any atom is -0.381 e. The van der Waals surface area contributed by atoms with E-state index in [9.17, 15) is 9.59 Å². The zero-order valence-corrected chi connectivity index (χ0v) is 20.2. The molecule has 7 heteroatoms. The Morgan fingerprint density at radius 2 is 1.86 bits per heavy atom. The lowest BCUT2D eigenvalue weighted by atomic mass is 9.96. The third-order valence-corrected chi connectivity index (χ3v) is 7.90. The molecular formula is C28H32N4O3. The molecular weight excluding hydrogens is 440 g/mol. The van der Waals surface area contributed by atoms with Gasteiger partial charge >= 0.3 is 0 Å². The van der Waals surface area contributed by atoms with Gasteiger partial charge in [-0.1, -0.05) is 30.3 Å². The van der Waals surface area contributed by atoms with Crippen molar-refractivity contribution in [2.45, 2.75) is 38.4 Å². The molecule has 0 aliphatic carbocycles. The molecule has 1 aromatic heterocycles. The van der Waals surface area contributed by atoms with Crippen LogP contribution in [0.2, 0.25) is 0 Å². The summed E-state index contributed by atoms with van der Waals surface area (Å²) < 4.78 is 7.72. The number of aryl methyl sites for hydroxylation is 1. The summed E-state index contributed by atoms with van der Waals surface area (Å²) in [6.45, 7) is 3.57. The Kier molecular flexibility index (Phi) is 5.72. The van der Waals surface area contributed by atoms with Gasteiger partial charge < -0.3 is 24.4 Å². The number of aromatic nitrogens is 1. The Balaban J connectivity index is 1.31. The van der Waals surface area contributed by atoms with E-state index in [1.165, 1.54) is 10.9 Å². The normalized spacial score (nSPS) is 19.9. The number of carbonyl (C=O) groups is 2. The van der Waals surface area contributed by atoms with Crippen LogP contribution < -0.4 is 10.2 Å². The van der Waals surface area contributed by atoms with Gasteiger partial charge in [0, 0.05) is 57.2 Å². The highest BCUT2D eigenvalue weighted by molar-refractivity contribution is 6.02. The number of carbonyl (C=O) groups excluding carboxylic acids is 2. The van der Waals surface area contributed by atoms with Gasteiger partial charge in [-0.05, 0) is 48.9 Å². The fourth-order valence-electron chi connectivity index (χ4n) is 6.06. The number of nitrogens with one attached hydrogen (secondary N) is 1. The smallest absolute Gasteiger partial charge is 0.257 e. The molecule has 3 aliphatic rings. The Hall–Kier alpha value is -3.32. The topological polar surface area (TPSA) is 66.8 Å². The lowest BCUT2D eigenvalue weighted by Gasteiger charge is -2.46. The largest absolute Gasteiger partial charge is 0.381 e. The van der Waals surface area contributed by atoms with Crippen molar-refractivity contribution in [3.8, 4) is 0 Å². The quantitative estimate of drug-likeness (QED) is 0.615. The maximum Gasteiger partial charge on any atom is 0.257 e. The van der Waals surface area contributed by atoms with Gasteiger partial charge in [0.1, 0.15) is 6.17 Å². The van der Waals surface area contributed by atoms with Crippen molar-refractivity contribution in [3.05, 3.63) is 65.4 Å². The summed E-state index contributed by atoms with van der Waals surface area (Å²) in [7, 11) is 2.07. The van der Waals surface area contributed by atoms with Gasteiger partial charge in [0.05, 0.1) is 16.9 Å². The van der Waals surface area contributed by atoms with Crippen LogP contribution in [0, 0.1) is 5.92 Å². The molecule has 3 aromatic rings. The molecule has 35 heavy (non-hydrogen) atoms. The average Bonchev–Trinajstić information content (AvgIpc) is 3.23. The van der Waals surface area contributed by atoms with E-state index in [2.05, 4.69) is 46.1 Å². The van der Waals surface area contributed by atoms with Crippen LogP contribution in [0.4, 0.5) is 5.69 Å². The summed E-state index contributed by atoms with van der Waals surface area (Å²) in [4.78, 5) is 30.5. The Bertz CT molecular complexity index is 1280. The molecule has 2 amide bonds. The monoisotopic (exact) mass is 472 g/mol. The molecule has 1 fully saturated rings. The van der Waals surface area contributed by atoms with Crippen LogP contribution in [0.15, 0.2) is 48.5 Å². The molecule has 0 radical (unpaired) electrons. The van der Waals surface area contributed by atoms with E-state index >= 15 is 0 Å². The van der Waals surface area contributed by atoms with E-state index < -0.39 is 0 Å². The number of hydrogen-bond acceptors (Lipinski definition) is 4. The molecule has 6 rings (SSSR count). The summed E-state index contributed by atoms with van der Waals surface area (Å²) in [6, 6.07) is 16.3. The third kappa shape index (κ3) is 3.78. The second-order valence-corrected chi connectivity index (χ2v) is 9.89. The van der Waals surface area contributed by atoms with Gasteiger partial charge in [-0.2, -0.15) is 0 Å². The Labute approximate surface area is 205 Å². The molecule has 1 atom stereocenters. The lowest BCUT2D eigenvalue weighted by Crippen LogP contribution is -2.51. The van der Waals surface area contributed by atoms with E-state index in [0.29, 0.717) is 25.4 Å². The van der Waals surface area contributed by atoms with Crippen molar-refractivity contribution in [1.29, 1.82) is 0 Å². The first-order valence-corrected chi connectivity index (χ1v) is 12.7. The first kappa shape index (κ1) is 22.2. The van der Waals surface area contributed by atoms with E-state index in [-0.39, 0.29) is 18.0 Å². The average molecular weight is 473 g/mol. The second-order valence-electron chi connectivity index (χ2n) is 9.89. The molecule has 1 saturated heterocycles. The number of para-hydroxylation sites is 2. The number of nitrogens with zero attached hydrogens (tertiary/aromatic N) is 3. The van der Waals surface area contributed by atoms with Crippen LogP contribution in [0.25, 0.3) is 10.9 Å². The maximum atomic E-state index is 13.5. The Morgan fingerprint density at radius 3 is 2.71 bits per heavy atom. The van der Waals surface area contributed by atoms with Crippen molar-refractivity contribution in [1.82, 2.24) is 14.8 Å². The minimum absolute atomic E-state index is 0.0779. The molecule has 2 aromatic carbocycles. The molecule has 3 aliphatic heterocycles. The van der Waals surface area contributed by atoms with E-state index in [4.69, 9.17) is 4.74 Å². The predicted octanol–water partition coefficient (Wildman–Crippen LogP) is 3.72. The van der Waals surface area contributed by atoms with Gasteiger partial charge in [-0.3, -0.25) is 9.59 Å². The maximum absolute atomic E-state index is 13.5. The Morgan fingerprint density at radius 1 is 1.09 bits per heavy atom. The van der Waals surface area contributed by atoms with Gasteiger partial charge in [0.25, 0.3) is 5.91 Å². The second kappa shape index (κ2) is 9.04. The van der Waals surface area contributed by atoms with Gasteiger partial charge in [-0.15, -0.1) is 0 Å². The van der Waals surface area contributed by atoms with Gasteiger partial charge in [-0.25, -0.2) is 0 Å². The van der Waals surface area contributed by atoms with Crippen molar-refractivity contribution in [2.24, 2.45) is 5.92 Å². The number of rotatable bonds is 5. The molecule has 182 valence electrons. The van der Waals surface area contributed by atoms with Crippen molar-refractivity contribution >= 4 is 28.4 Å². The SMILES string of the molecule is CN1c2ccccc2C(=O)N2CCc3c(n(CCC(=O)NCC4CCOCC4)c4ccccc34)[C@@H]21. The summed E-state index contributed by atoms with van der Waals surface area (Å²) in [5.74, 6) is 0.665. The number of fused-ring (bicyclic) bond motifs is 6. The number of benzene rings is 2. The molecule has 7 nitrogen and oxygen atoms in total. The highest BCUT2D eigenvalue weighted by Gasteiger charge is 2.42. The summed E-state index contributed by atoms with van der Waals surface area (Å²) in [5.41, 5.74) is 5.28. The molecule has 0 bridgehead atoms. The lowest BCUT2D eigenvalue weighted by molar-refractivity contribution is -0.121. The highest BCUT2D eigenvalue weighted by atomic mass is 16.5. The van der Waals surface area contributed by atoms with Crippen molar-refractivity contribution < 1.29 is 14.3 Å². The molecule has 1 N–H and O–H groups in total. The van der Waals surface area contributed by atoms with Crippen LogP contribution in [0.1, 0.15) is 47.0 Å². The summed E-state index contributed by atoms with van der Waals surface area (Å²) >= 11 is 0. The first-order valence-electron chi connectivity index (χ1n) is 12.7. The van der Waals surface area contributed by atoms with Crippen LogP contribution in [-0.2, 0) is 22.5 Å². The number of ether oxygens (including phenoxy) is 1. The first-order chi connectivity index (χ1) is 17.1. The fraction of sp³-hybridized carbons (Fsp3) is 0.429. The molecule has 0 spiro atoms. The van der Waals surface area contributed by atoms with Crippen LogP contribution in [0.3, 0.4) is 0 Å². The minimum atomic E-state index is -0.182. The predicted molar refractivity (Wildman–Crippen MR) is 135 cm³/mol. The standard InChI is InChI=1S/C28H32N4O3/c1-30-23-8-4-3-7-22(23)28(34)32-14-10-21-20-6-2-5-9-24(20)31(26(21)27(30)32)15-11-25(33)29-18-19-12-16-35-17-13-19/h2-9,19,27H,10-18H2,1H3,(H,29,33)/t27-/m1/s1. The van der Waals surface area contributed by atoms with Crippen LogP contribution >= 0.6 is 0 Å². The van der Waals surface area contributed by atoms with E-state index in [1.807, 2.05) is 29.2 Å². The molecule has 0 saturated carbocycles. The van der Waals surface area contributed by atoms with Crippen molar-refractivity contribution in [2.75, 3.05) is 38.3 Å². The van der Waals surface area contributed by atoms with E-state index in [0.717, 1.165) is 61.5 Å². The van der Waals surface area contributed by atoms with E-state index in [1.54, 1.807) is 0 Å². The molecule has 4 heterocycles. The van der Waals surface area contributed by atoms with Crippen molar-refractivity contribution in [3.63, 3.8) is 0 Å². The highest BCUT2D eigenvalue weighted by Crippen LogP contribution is 2.44. The third-order valence-electron chi connectivity index (χ3n) is 7.90. The fourth-order valence-corrected chi connectivity index (χ4v) is 6.06. The van der Waals surface area contributed by atoms with Crippen LogP contribution in [-0.4, -0.2) is 54.6 Å². The summed E-state index contributed by atoms with van der Waals surface area (Å²) in [5, 5.41) is 4.37. The van der Waals surface area contributed by atoms with Gasteiger partial charge in [0.2, 0.25) is 5.91 Å². The zero-order valence-electron chi connectivity index (χ0n) is 20.2. The number of amides is 2. The number of anilines is 1. The van der Waals surface area contributed by atoms with Gasteiger partial charge in [0.15, 0.2) is 0 Å². The molecule has 0 unspecified atom stereocenters. The summed E-state index contributed by atoms with van der Waals surface area (Å²) in [6.07, 6.45) is 3.07.